The fraction of sp³-hybridized carbons (Fsp3) is 0.667. The van der Waals surface area contributed by atoms with E-state index in [9.17, 15) is 0 Å². The van der Waals surface area contributed by atoms with Gasteiger partial charge in [0.2, 0.25) is 0 Å². The standard InChI is InChI=1S/C18H31NO/c1-6-7-8-12-18(3,4)14-19-15(2)16-10-9-11-17(13-16)20-5/h9-11,13,15,19H,6-8,12,14H2,1-5H3. The number of rotatable bonds is 9. The van der Waals surface area contributed by atoms with Gasteiger partial charge in [-0.15, -0.1) is 0 Å². The van der Waals surface area contributed by atoms with Crippen molar-refractivity contribution < 1.29 is 4.74 Å². The quantitative estimate of drug-likeness (QED) is 0.645. The minimum absolute atomic E-state index is 0.357. The molecule has 0 spiro atoms. The molecular formula is C18H31NO. The Balaban J connectivity index is 2.46. The second kappa shape index (κ2) is 8.31. The lowest BCUT2D eigenvalue weighted by molar-refractivity contribution is 0.290. The van der Waals surface area contributed by atoms with Crippen LogP contribution in [-0.4, -0.2) is 13.7 Å². The molecule has 0 aromatic heterocycles. The van der Waals surface area contributed by atoms with E-state index < -0.39 is 0 Å². The minimum Gasteiger partial charge on any atom is -0.497 e. The molecule has 0 bridgehead atoms. The monoisotopic (exact) mass is 277 g/mol. The zero-order valence-corrected chi connectivity index (χ0v) is 13.8. The maximum Gasteiger partial charge on any atom is 0.119 e. The second-order valence-corrected chi connectivity index (χ2v) is 6.50. The van der Waals surface area contributed by atoms with Crippen molar-refractivity contribution in [3.63, 3.8) is 0 Å². The fourth-order valence-electron chi connectivity index (χ4n) is 2.40. The first-order chi connectivity index (χ1) is 9.48. The highest BCUT2D eigenvalue weighted by Gasteiger charge is 2.18. The molecule has 0 aliphatic heterocycles. The van der Waals surface area contributed by atoms with E-state index in [2.05, 4.69) is 51.2 Å². The molecule has 2 nitrogen and oxygen atoms in total. The molecule has 0 radical (unpaired) electrons. The summed E-state index contributed by atoms with van der Waals surface area (Å²) in [6.45, 7) is 10.2. The molecule has 0 aliphatic carbocycles. The predicted octanol–water partition coefficient (Wildman–Crippen LogP) is 4.95. The van der Waals surface area contributed by atoms with Crippen molar-refractivity contribution >= 4 is 0 Å². The molecule has 1 N–H and O–H groups in total. The van der Waals surface area contributed by atoms with E-state index in [1.807, 2.05) is 6.07 Å². The molecule has 0 fully saturated rings. The Morgan fingerprint density at radius 1 is 1.25 bits per heavy atom. The van der Waals surface area contributed by atoms with Crippen LogP contribution in [0.2, 0.25) is 0 Å². The molecule has 0 aliphatic rings. The van der Waals surface area contributed by atoms with E-state index in [1.54, 1.807) is 7.11 Å². The van der Waals surface area contributed by atoms with Crippen molar-refractivity contribution in [2.45, 2.75) is 59.4 Å². The molecule has 1 aromatic carbocycles. The Hall–Kier alpha value is -1.02. The number of methoxy groups -OCH3 is 1. The Kier molecular flexibility index (Phi) is 7.08. The molecule has 1 aromatic rings. The van der Waals surface area contributed by atoms with Crippen LogP contribution in [0.25, 0.3) is 0 Å². The fourth-order valence-corrected chi connectivity index (χ4v) is 2.40. The Labute approximate surface area is 124 Å². The van der Waals surface area contributed by atoms with Gasteiger partial charge in [-0.2, -0.15) is 0 Å². The largest absolute Gasteiger partial charge is 0.497 e. The normalized spacial score (nSPS) is 13.2. The molecule has 0 heterocycles. The van der Waals surface area contributed by atoms with Crippen LogP contribution in [0.15, 0.2) is 24.3 Å². The van der Waals surface area contributed by atoms with Crippen molar-refractivity contribution in [2.24, 2.45) is 5.41 Å². The topological polar surface area (TPSA) is 21.3 Å². The number of hydrogen-bond donors (Lipinski definition) is 1. The van der Waals surface area contributed by atoms with Crippen LogP contribution >= 0.6 is 0 Å². The number of benzene rings is 1. The van der Waals surface area contributed by atoms with Crippen LogP contribution in [0.4, 0.5) is 0 Å². The van der Waals surface area contributed by atoms with Gasteiger partial charge in [-0.3, -0.25) is 0 Å². The van der Waals surface area contributed by atoms with E-state index in [0.29, 0.717) is 11.5 Å². The summed E-state index contributed by atoms with van der Waals surface area (Å²) in [6, 6.07) is 8.67. The molecule has 1 atom stereocenters. The van der Waals surface area contributed by atoms with Gasteiger partial charge < -0.3 is 10.1 Å². The van der Waals surface area contributed by atoms with Crippen LogP contribution in [0.5, 0.6) is 5.75 Å². The Morgan fingerprint density at radius 2 is 2.00 bits per heavy atom. The van der Waals surface area contributed by atoms with Crippen LogP contribution in [0.3, 0.4) is 0 Å². The average molecular weight is 277 g/mol. The summed E-state index contributed by atoms with van der Waals surface area (Å²) in [6.07, 6.45) is 5.26. The molecule has 0 saturated heterocycles. The highest BCUT2D eigenvalue weighted by molar-refractivity contribution is 5.30. The number of nitrogens with one attached hydrogen (secondary N) is 1. The molecule has 0 amide bonds. The van der Waals surface area contributed by atoms with Crippen molar-refractivity contribution in [2.75, 3.05) is 13.7 Å². The highest BCUT2D eigenvalue weighted by atomic mass is 16.5. The Morgan fingerprint density at radius 3 is 2.65 bits per heavy atom. The first kappa shape index (κ1) is 17.0. The highest BCUT2D eigenvalue weighted by Crippen LogP contribution is 2.25. The van der Waals surface area contributed by atoms with Gasteiger partial charge in [-0.05, 0) is 36.5 Å². The zero-order chi connectivity index (χ0) is 15.0. The molecular weight excluding hydrogens is 246 g/mol. The lowest BCUT2D eigenvalue weighted by Gasteiger charge is -2.27. The number of hydrogen-bond acceptors (Lipinski definition) is 2. The van der Waals surface area contributed by atoms with Crippen LogP contribution in [0.1, 0.15) is 65.0 Å². The van der Waals surface area contributed by atoms with E-state index in [1.165, 1.54) is 31.2 Å². The van der Waals surface area contributed by atoms with Gasteiger partial charge in [-0.25, -0.2) is 0 Å². The predicted molar refractivity (Wildman–Crippen MR) is 87.3 cm³/mol. The summed E-state index contributed by atoms with van der Waals surface area (Å²) in [7, 11) is 1.72. The SMILES string of the molecule is CCCCCC(C)(C)CNC(C)c1cccc(OC)c1. The molecule has 1 unspecified atom stereocenters. The lowest BCUT2D eigenvalue weighted by atomic mass is 9.86. The second-order valence-electron chi connectivity index (χ2n) is 6.50. The first-order valence-corrected chi connectivity index (χ1v) is 7.86. The van der Waals surface area contributed by atoms with E-state index >= 15 is 0 Å². The van der Waals surface area contributed by atoms with Gasteiger partial charge in [-0.1, -0.05) is 52.2 Å². The third kappa shape index (κ3) is 5.96. The first-order valence-electron chi connectivity index (χ1n) is 7.86. The van der Waals surface area contributed by atoms with Crippen molar-refractivity contribution in [3.05, 3.63) is 29.8 Å². The van der Waals surface area contributed by atoms with Crippen LogP contribution < -0.4 is 10.1 Å². The summed E-state index contributed by atoms with van der Waals surface area (Å²) < 4.78 is 5.29. The van der Waals surface area contributed by atoms with Crippen LogP contribution in [0, 0.1) is 5.41 Å². The molecule has 0 saturated carbocycles. The number of ether oxygens (including phenoxy) is 1. The number of unbranched alkanes of at least 4 members (excludes halogenated alkanes) is 2. The lowest BCUT2D eigenvalue weighted by Crippen LogP contribution is -2.31. The summed E-state index contributed by atoms with van der Waals surface area (Å²) in [5.74, 6) is 0.929. The van der Waals surface area contributed by atoms with Crippen molar-refractivity contribution in [1.29, 1.82) is 0 Å². The molecule has 20 heavy (non-hydrogen) atoms. The van der Waals surface area contributed by atoms with Gasteiger partial charge in [0.25, 0.3) is 0 Å². The Bertz CT molecular complexity index is 387. The zero-order valence-electron chi connectivity index (χ0n) is 13.8. The molecule has 2 heteroatoms. The van der Waals surface area contributed by atoms with Crippen LogP contribution in [-0.2, 0) is 0 Å². The summed E-state index contributed by atoms with van der Waals surface area (Å²) >= 11 is 0. The summed E-state index contributed by atoms with van der Waals surface area (Å²) in [4.78, 5) is 0. The van der Waals surface area contributed by atoms with E-state index in [-0.39, 0.29) is 0 Å². The van der Waals surface area contributed by atoms with Gasteiger partial charge in [0.1, 0.15) is 5.75 Å². The molecule has 1 rings (SSSR count). The summed E-state index contributed by atoms with van der Waals surface area (Å²) in [5, 5.41) is 3.66. The summed E-state index contributed by atoms with van der Waals surface area (Å²) in [5.41, 5.74) is 1.65. The average Bonchev–Trinajstić information content (AvgIpc) is 2.45. The van der Waals surface area contributed by atoms with Gasteiger partial charge in [0, 0.05) is 12.6 Å². The third-order valence-electron chi connectivity index (χ3n) is 3.94. The molecule has 114 valence electrons. The van der Waals surface area contributed by atoms with Gasteiger partial charge >= 0.3 is 0 Å². The van der Waals surface area contributed by atoms with Crippen molar-refractivity contribution in [3.8, 4) is 5.75 Å². The van der Waals surface area contributed by atoms with E-state index in [0.717, 1.165) is 12.3 Å². The maximum absolute atomic E-state index is 5.29. The van der Waals surface area contributed by atoms with Gasteiger partial charge in [0.05, 0.1) is 7.11 Å². The smallest absolute Gasteiger partial charge is 0.119 e. The van der Waals surface area contributed by atoms with Crippen molar-refractivity contribution in [1.82, 2.24) is 5.32 Å². The van der Waals surface area contributed by atoms with E-state index in [4.69, 9.17) is 4.74 Å². The third-order valence-corrected chi connectivity index (χ3v) is 3.94. The minimum atomic E-state index is 0.357. The van der Waals surface area contributed by atoms with Gasteiger partial charge in [0.15, 0.2) is 0 Å². The maximum atomic E-state index is 5.29.